The fourth-order valence-electron chi connectivity index (χ4n) is 7.11. The second-order valence-corrected chi connectivity index (χ2v) is 17.1. The summed E-state index contributed by atoms with van der Waals surface area (Å²) in [5, 5.41) is 1.87. The molecule has 0 heterocycles. The molecule has 0 radical (unpaired) electrons. The fraction of sp³-hybridized carbons (Fsp3) is 0.515. The quantitative estimate of drug-likeness (QED) is 0.216. The topological polar surface area (TPSA) is 0 Å². The van der Waals surface area contributed by atoms with Crippen LogP contribution in [0.15, 0.2) is 72.1 Å². The number of hydrogen-bond donors (Lipinski definition) is 0. The van der Waals surface area contributed by atoms with Crippen LogP contribution in [-0.2, 0) is 12.4 Å². The predicted molar refractivity (Wildman–Crippen MR) is 160 cm³/mol. The Balaban J connectivity index is 1.56. The molecule has 3 aliphatic carbocycles. The Kier molecular flexibility index (Phi) is 9.71. The lowest BCUT2D eigenvalue weighted by molar-refractivity contribution is -0.138. The molecule has 2 atom stereocenters. The van der Waals surface area contributed by atoms with Gasteiger partial charge in [0.05, 0.1) is 11.1 Å². The second kappa shape index (κ2) is 12.9. The van der Waals surface area contributed by atoms with Crippen molar-refractivity contribution in [2.24, 2.45) is 5.92 Å². The monoisotopic (exact) mass is 610 g/mol. The summed E-state index contributed by atoms with van der Waals surface area (Å²) in [6, 6.07) is 10.5. The molecule has 0 aromatic heterocycles. The zero-order chi connectivity index (χ0) is 29.2. The van der Waals surface area contributed by atoms with E-state index in [0.717, 1.165) is 29.6 Å². The van der Waals surface area contributed by atoms with Crippen molar-refractivity contribution in [3.63, 3.8) is 0 Å². The van der Waals surface area contributed by atoms with Crippen molar-refractivity contribution < 1.29 is 26.3 Å². The van der Waals surface area contributed by atoms with Gasteiger partial charge in [0, 0.05) is 5.92 Å². The minimum atomic E-state index is -4.53. The Bertz CT molecular complexity index is 1160. The van der Waals surface area contributed by atoms with Crippen molar-refractivity contribution in [2.75, 3.05) is 0 Å². The molecule has 3 aliphatic rings. The lowest BCUT2D eigenvalue weighted by Crippen LogP contribution is -2.30. The molecule has 2 aromatic rings. The Morgan fingerprint density at radius 2 is 1.15 bits per heavy atom. The third kappa shape index (κ3) is 7.13. The first-order chi connectivity index (χ1) is 19.5. The molecular formula is C33H38F6P2. The standard InChI is InChI=1S/C33H38F6P2/c1-23(40(26-13-4-2-5-14-26)27-15-6-3-7-16-27)30-19-10-20-31(30)41(28-17-8-11-24(21-28)32(34,35)36)29-18-9-12-25(22-29)33(37,38)39/h8-12,17-23,26-27,30H,2-7,13-16H2,1H3/t23-,30?/m0/s1. The van der Waals surface area contributed by atoms with E-state index in [1.165, 1.54) is 76.3 Å². The van der Waals surface area contributed by atoms with Crippen LogP contribution in [0.25, 0.3) is 0 Å². The first kappa shape index (κ1) is 30.8. The molecule has 41 heavy (non-hydrogen) atoms. The van der Waals surface area contributed by atoms with Gasteiger partial charge >= 0.3 is 12.4 Å². The third-order valence-corrected chi connectivity index (χ3v) is 15.6. The van der Waals surface area contributed by atoms with Crippen LogP contribution >= 0.6 is 15.8 Å². The molecule has 0 saturated heterocycles. The largest absolute Gasteiger partial charge is 0.416 e. The minimum absolute atomic E-state index is 0.0140. The smallest absolute Gasteiger partial charge is 0.166 e. The maximum absolute atomic E-state index is 13.8. The maximum Gasteiger partial charge on any atom is 0.416 e. The SMILES string of the molecule is C[C@@H](C1C=CC=C1P(c1cccc(C(F)(F)F)c1)c1cccc(C(F)(F)F)c1)P(C1CCCCC1)C1CCCCC1. The summed E-state index contributed by atoms with van der Waals surface area (Å²) in [6.07, 6.45) is 9.68. The van der Waals surface area contributed by atoms with E-state index in [4.69, 9.17) is 0 Å². The summed E-state index contributed by atoms with van der Waals surface area (Å²) in [4.78, 5) is 0. The van der Waals surface area contributed by atoms with Crippen LogP contribution < -0.4 is 10.6 Å². The van der Waals surface area contributed by atoms with Crippen LogP contribution in [0.1, 0.15) is 82.3 Å². The average Bonchev–Trinajstić information content (AvgIpc) is 3.43. The first-order valence-electron chi connectivity index (χ1n) is 14.8. The Labute approximate surface area is 242 Å². The van der Waals surface area contributed by atoms with Crippen molar-refractivity contribution in [2.45, 2.75) is 100 Å². The number of allylic oxidation sites excluding steroid dienone is 4. The number of halogens is 6. The summed E-state index contributed by atoms with van der Waals surface area (Å²) in [6.45, 7) is 2.33. The predicted octanol–water partition coefficient (Wildman–Crippen LogP) is 10.8. The molecule has 2 fully saturated rings. The van der Waals surface area contributed by atoms with Gasteiger partial charge in [-0.1, -0.05) is 95.9 Å². The van der Waals surface area contributed by atoms with Gasteiger partial charge in [-0.2, -0.15) is 26.3 Å². The lowest BCUT2D eigenvalue weighted by atomic mass is 9.99. The molecule has 0 amide bonds. The van der Waals surface area contributed by atoms with Crippen LogP contribution in [0, 0.1) is 5.92 Å². The molecule has 0 N–H and O–H groups in total. The van der Waals surface area contributed by atoms with Gasteiger partial charge in [0.15, 0.2) is 0 Å². The van der Waals surface area contributed by atoms with Gasteiger partial charge in [-0.15, -0.1) is 0 Å². The normalized spacial score (nSPS) is 22.0. The molecule has 0 spiro atoms. The Morgan fingerprint density at radius 1 is 0.683 bits per heavy atom. The highest BCUT2D eigenvalue weighted by Crippen LogP contribution is 2.64. The van der Waals surface area contributed by atoms with Crippen molar-refractivity contribution in [1.29, 1.82) is 0 Å². The van der Waals surface area contributed by atoms with Crippen molar-refractivity contribution in [1.82, 2.24) is 0 Å². The van der Waals surface area contributed by atoms with Gasteiger partial charge in [0.1, 0.15) is 0 Å². The summed E-state index contributed by atoms with van der Waals surface area (Å²) < 4.78 is 82.7. The van der Waals surface area contributed by atoms with E-state index in [1.54, 1.807) is 12.1 Å². The second-order valence-electron chi connectivity index (χ2n) is 11.7. The summed E-state index contributed by atoms with van der Waals surface area (Å²) in [5.74, 6) is 0.0140. The molecule has 0 bridgehead atoms. The molecular weight excluding hydrogens is 572 g/mol. The molecule has 0 nitrogen and oxygen atoms in total. The van der Waals surface area contributed by atoms with E-state index in [0.29, 0.717) is 27.6 Å². The summed E-state index contributed by atoms with van der Waals surface area (Å²) in [5.41, 5.74) is 0.179. The van der Waals surface area contributed by atoms with E-state index < -0.39 is 31.4 Å². The van der Waals surface area contributed by atoms with Crippen LogP contribution in [0.3, 0.4) is 0 Å². The first-order valence-corrected chi connectivity index (χ1v) is 17.7. The maximum atomic E-state index is 13.8. The van der Waals surface area contributed by atoms with Gasteiger partial charge in [-0.25, -0.2) is 0 Å². The Morgan fingerprint density at radius 3 is 1.59 bits per heavy atom. The fourth-order valence-corrected chi connectivity index (χ4v) is 14.5. The number of benzene rings is 2. The molecule has 8 heteroatoms. The number of alkyl halides is 6. The molecule has 1 unspecified atom stereocenters. The van der Waals surface area contributed by atoms with Crippen molar-refractivity contribution in [3.8, 4) is 0 Å². The van der Waals surface area contributed by atoms with Gasteiger partial charge in [0.25, 0.3) is 0 Å². The van der Waals surface area contributed by atoms with Gasteiger partial charge in [0.2, 0.25) is 0 Å². The zero-order valence-corrected chi connectivity index (χ0v) is 25.2. The zero-order valence-electron chi connectivity index (χ0n) is 23.4. The lowest BCUT2D eigenvalue weighted by Gasteiger charge is -2.44. The summed E-state index contributed by atoms with van der Waals surface area (Å²) >= 11 is 0. The molecule has 2 aromatic carbocycles. The van der Waals surface area contributed by atoms with Crippen LogP contribution in [-0.4, -0.2) is 17.0 Å². The van der Waals surface area contributed by atoms with Crippen LogP contribution in [0.2, 0.25) is 0 Å². The Hall–Kier alpha value is -1.64. The van der Waals surface area contributed by atoms with Crippen LogP contribution in [0.4, 0.5) is 26.3 Å². The van der Waals surface area contributed by atoms with E-state index in [-0.39, 0.29) is 13.8 Å². The van der Waals surface area contributed by atoms with Gasteiger partial charge < -0.3 is 0 Å². The highest BCUT2D eigenvalue weighted by molar-refractivity contribution is 7.76. The number of rotatable bonds is 7. The summed E-state index contributed by atoms with van der Waals surface area (Å²) in [7, 11) is -1.95. The number of hydrogen-bond acceptors (Lipinski definition) is 0. The third-order valence-electron chi connectivity index (χ3n) is 9.03. The highest BCUT2D eigenvalue weighted by atomic mass is 31.1. The molecule has 222 valence electrons. The minimum Gasteiger partial charge on any atom is -0.166 e. The van der Waals surface area contributed by atoms with Crippen molar-refractivity contribution >= 4 is 26.5 Å². The van der Waals surface area contributed by atoms with Crippen LogP contribution in [0.5, 0.6) is 0 Å². The molecule has 5 rings (SSSR count). The van der Waals surface area contributed by atoms with E-state index >= 15 is 0 Å². The van der Waals surface area contributed by atoms with Gasteiger partial charge in [-0.3, -0.25) is 0 Å². The average molecular weight is 611 g/mol. The van der Waals surface area contributed by atoms with Gasteiger partial charge in [-0.05, 0) is 90.8 Å². The van der Waals surface area contributed by atoms with E-state index in [2.05, 4.69) is 13.0 Å². The van der Waals surface area contributed by atoms with Crippen molar-refractivity contribution in [3.05, 3.63) is 83.2 Å². The highest BCUT2D eigenvalue weighted by Gasteiger charge is 2.41. The van der Waals surface area contributed by atoms with E-state index in [1.807, 2.05) is 12.2 Å². The molecule has 0 aliphatic heterocycles. The van der Waals surface area contributed by atoms with E-state index in [9.17, 15) is 26.3 Å². The molecule has 2 saturated carbocycles.